The average Bonchev–Trinajstić information content (AvgIpc) is 3.14. The van der Waals surface area contributed by atoms with Crippen LogP contribution in [0.1, 0.15) is 65.8 Å². The molecular formula is C31H40N4O5. The van der Waals surface area contributed by atoms with E-state index in [0.717, 1.165) is 46.4 Å². The summed E-state index contributed by atoms with van der Waals surface area (Å²) >= 11 is 0. The smallest absolute Gasteiger partial charge is 0.411 e. The number of hydrogen-bond acceptors (Lipinski definition) is 6. The lowest BCUT2D eigenvalue weighted by Crippen LogP contribution is -2.44. The molecule has 40 heavy (non-hydrogen) atoms. The highest BCUT2D eigenvalue weighted by Gasteiger charge is 2.29. The Morgan fingerprint density at radius 1 is 1.02 bits per heavy atom. The number of amides is 2. The van der Waals surface area contributed by atoms with Crippen LogP contribution in [0.25, 0.3) is 22.2 Å². The van der Waals surface area contributed by atoms with E-state index in [1.165, 1.54) is 6.42 Å². The molecule has 1 aromatic heterocycles. The fourth-order valence-corrected chi connectivity index (χ4v) is 5.38. The summed E-state index contributed by atoms with van der Waals surface area (Å²) in [5, 5.41) is 3.86. The lowest BCUT2D eigenvalue weighted by molar-refractivity contribution is 0.00794. The van der Waals surface area contributed by atoms with E-state index >= 15 is 0 Å². The van der Waals surface area contributed by atoms with Crippen molar-refractivity contribution in [2.24, 2.45) is 0 Å². The lowest BCUT2D eigenvalue weighted by atomic mass is 9.92. The van der Waals surface area contributed by atoms with Crippen molar-refractivity contribution >= 4 is 34.5 Å². The molecule has 3 N–H and O–H groups in total. The van der Waals surface area contributed by atoms with Gasteiger partial charge < -0.3 is 29.4 Å². The number of likely N-dealkylation sites (tertiary alicyclic amines) is 1. The van der Waals surface area contributed by atoms with Crippen LogP contribution in [-0.2, 0) is 9.47 Å². The third kappa shape index (κ3) is 5.98. The van der Waals surface area contributed by atoms with E-state index in [1.807, 2.05) is 64.1 Å². The first-order valence-electron chi connectivity index (χ1n) is 14.2. The second-order valence-corrected chi connectivity index (χ2v) is 11.6. The predicted molar refractivity (Wildman–Crippen MR) is 157 cm³/mol. The molecule has 0 spiro atoms. The summed E-state index contributed by atoms with van der Waals surface area (Å²) in [6.45, 7) is 9.11. The lowest BCUT2D eigenvalue weighted by Gasteiger charge is -2.33. The number of carbonyl (C=O) groups is 2. The summed E-state index contributed by atoms with van der Waals surface area (Å²) in [6, 6.07) is 14.2. The van der Waals surface area contributed by atoms with Gasteiger partial charge in [0.15, 0.2) is 0 Å². The summed E-state index contributed by atoms with van der Waals surface area (Å²) in [7, 11) is 0. The number of piperidine rings is 1. The van der Waals surface area contributed by atoms with Crippen molar-refractivity contribution in [1.82, 2.24) is 9.47 Å². The maximum absolute atomic E-state index is 12.6. The average molecular weight is 549 g/mol. The standard InChI is InChI=1S/C31H40N4O5/c1-5-38-24-13-14-25-26(19-24)35(22-7-6-8-22)28(27(25)32)20-9-11-21(12-10-20)33-29(36)39-23-15-17-34(18-16-23)30(37)40-31(2,3)4/h9-14,19,22-23H,5-8,15-18,32H2,1-4H3,(H,33,36). The van der Waals surface area contributed by atoms with Gasteiger partial charge in [-0.3, -0.25) is 5.32 Å². The van der Waals surface area contributed by atoms with Crippen molar-refractivity contribution in [2.75, 3.05) is 30.7 Å². The Balaban J connectivity index is 1.24. The normalized spacial score (nSPS) is 16.4. The van der Waals surface area contributed by atoms with E-state index in [0.29, 0.717) is 44.3 Å². The van der Waals surface area contributed by atoms with E-state index < -0.39 is 11.7 Å². The molecule has 1 aliphatic carbocycles. The zero-order chi connectivity index (χ0) is 28.4. The van der Waals surface area contributed by atoms with Crippen molar-refractivity contribution in [3.8, 4) is 17.0 Å². The fourth-order valence-electron chi connectivity index (χ4n) is 5.38. The Bertz CT molecular complexity index is 1360. The van der Waals surface area contributed by atoms with Gasteiger partial charge in [0.05, 0.1) is 23.5 Å². The van der Waals surface area contributed by atoms with Crippen molar-refractivity contribution in [3.63, 3.8) is 0 Å². The molecule has 2 fully saturated rings. The number of nitrogens with one attached hydrogen (secondary N) is 1. The van der Waals surface area contributed by atoms with Gasteiger partial charge in [-0.1, -0.05) is 12.1 Å². The molecule has 2 heterocycles. The van der Waals surface area contributed by atoms with E-state index in [4.69, 9.17) is 19.9 Å². The van der Waals surface area contributed by atoms with E-state index in [2.05, 4.69) is 16.0 Å². The highest BCUT2D eigenvalue weighted by molar-refractivity contribution is 6.01. The Hall–Kier alpha value is -3.88. The number of nitrogens with zero attached hydrogens (tertiary/aromatic N) is 2. The van der Waals surface area contributed by atoms with Gasteiger partial charge in [-0.15, -0.1) is 0 Å². The Morgan fingerprint density at radius 3 is 2.33 bits per heavy atom. The van der Waals surface area contributed by atoms with E-state index in [1.54, 1.807) is 4.90 Å². The molecular weight excluding hydrogens is 508 g/mol. The second-order valence-electron chi connectivity index (χ2n) is 11.6. The number of fused-ring (bicyclic) bond motifs is 1. The number of carbonyl (C=O) groups excluding carboxylic acids is 2. The first-order valence-corrected chi connectivity index (χ1v) is 14.2. The van der Waals surface area contributed by atoms with Crippen LogP contribution in [0.15, 0.2) is 42.5 Å². The molecule has 9 nitrogen and oxygen atoms in total. The van der Waals surface area contributed by atoms with Crippen molar-refractivity contribution < 1.29 is 23.8 Å². The largest absolute Gasteiger partial charge is 0.494 e. The fraction of sp³-hybridized carbons (Fsp3) is 0.484. The number of hydrogen-bond donors (Lipinski definition) is 2. The third-order valence-corrected chi connectivity index (χ3v) is 7.54. The molecule has 1 saturated heterocycles. The number of benzene rings is 2. The molecule has 0 atom stereocenters. The quantitative estimate of drug-likeness (QED) is 0.345. The molecule has 5 rings (SSSR count). The topological polar surface area (TPSA) is 108 Å². The first kappa shape index (κ1) is 27.7. The number of anilines is 2. The van der Waals surface area contributed by atoms with Crippen molar-refractivity contribution in [3.05, 3.63) is 42.5 Å². The number of nitrogen functional groups attached to an aromatic ring is 1. The molecule has 2 aliphatic rings. The maximum atomic E-state index is 12.6. The summed E-state index contributed by atoms with van der Waals surface area (Å²) < 4.78 is 19.2. The third-order valence-electron chi connectivity index (χ3n) is 7.54. The van der Waals surface area contributed by atoms with Crippen LogP contribution in [0.2, 0.25) is 0 Å². The van der Waals surface area contributed by atoms with Crippen molar-refractivity contribution in [2.45, 2.75) is 77.5 Å². The molecule has 0 unspecified atom stereocenters. The molecule has 2 aromatic carbocycles. The van der Waals surface area contributed by atoms with Crippen molar-refractivity contribution in [1.29, 1.82) is 0 Å². The second kappa shape index (κ2) is 11.3. The first-order chi connectivity index (χ1) is 19.1. The van der Waals surface area contributed by atoms with Gasteiger partial charge in [0.1, 0.15) is 17.5 Å². The van der Waals surface area contributed by atoms with Crippen LogP contribution in [-0.4, -0.2) is 53.1 Å². The maximum Gasteiger partial charge on any atom is 0.411 e. The number of aromatic nitrogens is 1. The van der Waals surface area contributed by atoms with Gasteiger partial charge in [-0.05, 0) is 71.2 Å². The van der Waals surface area contributed by atoms with Gasteiger partial charge in [-0.25, -0.2) is 9.59 Å². The minimum absolute atomic E-state index is 0.252. The van der Waals surface area contributed by atoms with E-state index in [-0.39, 0.29) is 12.2 Å². The predicted octanol–water partition coefficient (Wildman–Crippen LogP) is 6.96. The van der Waals surface area contributed by atoms with Crippen LogP contribution >= 0.6 is 0 Å². The Kier molecular flexibility index (Phi) is 7.83. The molecule has 214 valence electrons. The van der Waals surface area contributed by atoms with Crippen LogP contribution < -0.4 is 15.8 Å². The number of rotatable bonds is 6. The van der Waals surface area contributed by atoms with Gasteiger partial charge in [0, 0.05) is 54.7 Å². The summed E-state index contributed by atoms with van der Waals surface area (Å²) in [5.74, 6) is 0.841. The summed E-state index contributed by atoms with van der Waals surface area (Å²) in [4.78, 5) is 26.5. The Labute approximate surface area is 235 Å². The van der Waals surface area contributed by atoms with Crippen LogP contribution in [0.3, 0.4) is 0 Å². The van der Waals surface area contributed by atoms with E-state index in [9.17, 15) is 9.59 Å². The summed E-state index contributed by atoms with van der Waals surface area (Å²) in [5.41, 5.74) is 10.7. The zero-order valence-corrected chi connectivity index (χ0v) is 23.9. The minimum Gasteiger partial charge on any atom is -0.494 e. The summed E-state index contributed by atoms with van der Waals surface area (Å²) in [6.07, 6.45) is 3.51. The minimum atomic E-state index is -0.535. The van der Waals surface area contributed by atoms with Gasteiger partial charge >= 0.3 is 12.2 Å². The molecule has 1 saturated carbocycles. The molecule has 9 heteroatoms. The van der Waals surface area contributed by atoms with Gasteiger partial charge in [0.25, 0.3) is 0 Å². The number of ether oxygens (including phenoxy) is 3. The number of nitrogens with two attached hydrogens (primary N) is 1. The zero-order valence-electron chi connectivity index (χ0n) is 23.9. The highest BCUT2D eigenvalue weighted by atomic mass is 16.6. The monoisotopic (exact) mass is 548 g/mol. The van der Waals surface area contributed by atoms with Gasteiger partial charge in [0.2, 0.25) is 0 Å². The molecule has 2 amide bonds. The molecule has 1 aliphatic heterocycles. The van der Waals surface area contributed by atoms with Crippen LogP contribution in [0.4, 0.5) is 21.0 Å². The SMILES string of the molecule is CCOc1ccc2c(N)c(-c3ccc(NC(=O)OC4CCN(C(=O)OC(C)(C)C)CC4)cc3)n(C3CCC3)c2c1. The molecule has 3 aromatic rings. The van der Waals surface area contributed by atoms with Crippen LogP contribution in [0, 0.1) is 0 Å². The van der Waals surface area contributed by atoms with Gasteiger partial charge in [-0.2, -0.15) is 0 Å². The molecule has 0 radical (unpaired) electrons. The van der Waals surface area contributed by atoms with Crippen LogP contribution in [0.5, 0.6) is 5.75 Å². The molecule has 0 bridgehead atoms. The highest BCUT2D eigenvalue weighted by Crippen LogP contribution is 2.45. The Morgan fingerprint density at radius 2 is 1.73 bits per heavy atom.